The lowest BCUT2D eigenvalue weighted by Gasteiger charge is -2.53. The monoisotopic (exact) mass is 729 g/mol. The topological polar surface area (TPSA) is 53.2 Å². The number of nitrogens with zero attached hydrogens (tertiary/aromatic N) is 1. The Hall–Kier alpha value is -2.11. The number of sulfone groups is 1. The fraction of sp³-hybridized carbons (Fsp3) is 0.533. The molecule has 0 saturated carbocycles. The van der Waals surface area contributed by atoms with Gasteiger partial charge in [0.05, 0.1) is 10.6 Å². The molecule has 1 N–H and O–H groups in total. The lowest BCUT2D eigenvalue weighted by Crippen LogP contribution is -2.59. The molecule has 0 aliphatic carbocycles. The second kappa shape index (κ2) is 8.48. The van der Waals surface area contributed by atoms with Crippen LogP contribution in [0.15, 0.2) is 41.4 Å². The lowest BCUT2D eigenvalue weighted by atomic mass is 9.57. The second-order valence-corrected chi connectivity index (χ2v) is 14.1. The number of benzene rings is 2. The van der Waals surface area contributed by atoms with Crippen molar-refractivity contribution in [3.8, 4) is 0 Å². The molecule has 5 heteroatoms. The maximum Gasteiger partial charge on any atom is 0.178 e. The molecule has 422 valence electrons. The highest BCUT2D eigenvalue weighted by molar-refractivity contribution is 7.91. The molecule has 1 aromatic heterocycles. The van der Waals surface area contributed by atoms with Gasteiger partial charge in [-0.05, 0) is 112 Å². The number of fused-ring (bicyclic) bond motifs is 1. The number of aromatic nitrogens is 1. The molecule has 1 atom stereocenters. The Bertz CT molecular complexity index is 1550. The summed E-state index contributed by atoms with van der Waals surface area (Å²) < 4.78 is 35.0. The van der Waals surface area contributed by atoms with E-state index in [1.165, 1.54) is 4.98 Å². The zero-order valence-electron chi connectivity index (χ0n) is 23.9. The molecule has 2 heterocycles. The van der Waals surface area contributed by atoms with E-state index in [2.05, 4.69) is 52.6 Å². The van der Waals surface area contributed by atoms with Crippen LogP contribution in [0.5, 0.6) is 0 Å². The molecule has 1 fully saturated rings. The van der Waals surface area contributed by atoms with Crippen LogP contribution in [-0.2, 0) is 21.7 Å². The van der Waals surface area contributed by atoms with E-state index in [0.717, 1.165) is 51.7 Å². The molecular weight excluding hydrogens is 452 g/mol. The standard InChI is InChI=1S/C30H42N2O2S.116H2/c1-20-10-11-24(16-21(20)2)35(33,34)15-12-23-18-25-26(19-31-27(25)17-22(23)3)29(6,7)30(8)28(4,5)13-14-32(30)9;;;;;;;;;;;;;;;;;;;;;;;;;;;;;;;;;;;;;;;;;;;;;;;;;;;;;;;;;;;;;;;;;;;;;;;;;;;;;;;;;;;;;;;;;;;;;;;;;;;;;;;;;;;;;;;;;;;;/h10-11,16-19,31H,12-15H2,1-9H3;116*1H/t30-;;;;;;;;;;;;;;;;;;;;;;;;;;;;;;;;;;;;;;;;;;;;;;;;;;;;;;;;;;;;;;;;;;;;;;;;;;;;;;;;;;;;;;;;;;;;;;;;;;;;;;;;;;;;;;;;;;;;/m1..................................................................................................................../s1/i/hD. The zero-order chi connectivity index (χ0) is 26.8. The number of nitrogens with one attached hydrogen (secondary N) is 1. The Balaban J connectivity index is -0.00000000118. The average Bonchev–Trinajstić information content (AvgIpc) is 3.23. The smallest absolute Gasteiger partial charge is 0.178 e. The van der Waals surface area contributed by atoms with Gasteiger partial charge < -0.3 is 4.98 Å². The molecule has 1 aliphatic rings. The molecule has 1 aliphatic heterocycles. The van der Waals surface area contributed by atoms with Gasteiger partial charge in [-0.3, -0.25) is 4.90 Å². The third kappa shape index (κ3) is 4.05. The minimum atomic E-state index is -3.40. The average molecular weight is 730 g/mol. The van der Waals surface area contributed by atoms with Crippen molar-refractivity contribution in [1.29, 1.82) is 0 Å². The molecule has 35 heavy (non-hydrogen) atoms. The molecule has 0 bridgehead atoms. The maximum atomic E-state index is 13.2. The molecule has 4 nitrogen and oxygen atoms in total. The van der Waals surface area contributed by atoms with Crippen LogP contribution in [0, 0.1) is 26.2 Å². The number of aryl methyl sites for hydroxylation is 4. The van der Waals surface area contributed by atoms with Crippen molar-refractivity contribution in [1.82, 2.24) is 9.88 Å². The molecule has 4 rings (SSSR count). The van der Waals surface area contributed by atoms with E-state index in [-0.39, 0.29) is 188 Å². The first-order valence-corrected chi connectivity index (χ1v) is 14.3. The van der Waals surface area contributed by atoms with Gasteiger partial charge in [-0.2, -0.15) is 0 Å². The normalized spacial score (nSPS) is 21.6. The molecular formula is C30H274N2O2S. The van der Waals surface area contributed by atoms with Gasteiger partial charge in [-0.15, -0.1) is 0 Å². The minimum absolute atomic E-state index is 0. The summed E-state index contributed by atoms with van der Waals surface area (Å²) in [4.78, 5) is 4.36. The van der Waals surface area contributed by atoms with Crippen LogP contribution in [0.2, 0.25) is 1.41 Å². The first-order chi connectivity index (χ1) is 16.5. The third-order valence-electron chi connectivity index (χ3n) is 9.60. The van der Waals surface area contributed by atoms with Crippen molar-refractivity contribution in [2.24, 2.45) is 5.41 Å². The van der Waals surface area contributed by atoms with Gasteiger partial charge in [-0.25, -0.2) is 8.42 Å². The highest BCUT2D eigenvalue weighted by Gasteiger charge is 2.58. The molecule has 3 aromatic rings. The van der Waals surface area contributed by atoms with E-state index in [1.807, 2.05) is 39.1 Å². The molecule has 1 saturated heterocycles. The highest BCUT2D eigenvalue weighted by atomic mass is 32.2. The Morgan fingerprint density at radius 3 is 2.37 bits per heavy atom. The Kier molecular flexibility index (Phi) is 5.96. The van der Waals surface area contributed by atoms with Gasteiger partial charge in [-0.1, -0.05) is 33.8 Å². The Morgan fingerprint density at radius 1 is 1.09 bits per heavy atom. The van der Waals surface area contributed by atoms with Crippen molar-refractivity contribution in [2.45, 2.75) is 84.1 Å². The molecule has 0 radical (unpaired) electrons. The number of hydrogen-bond donors (Lipinski definition) is 1. The van der Waals surface area contributed by atoms with Crippen LogP contribution in [0.25, 0.3) is 10.9 Å². The van der Waals surface area contributed by atoms with Crippen LogP contribution in [0.3, 0.4) is 0 Å². The van der Waals surface area contributed by atoms with E-state index >= 15 is 0 Å². The summed E-state index contributed by atoms with van der Waals surface area (Å²) in [5, 5.41) is 1.05. The number of aromatic amines is 1. The van der Waals surface area contributed by atoms with Gasteiger partial charge in [0.1, 0.15) is 0 Å². The summed E-state index contributed by atoms with van der Waals surface area (Å²) >= 11 is 0. The molecule has 2 aromatic carbocycles. The van der Waals surface area contributed by atoms with Crippen molar-refractivity contribution < 1.29 is 175 Å². The lowest BCUT2D eigenvalue weighted by molar-refractivity contribution is 0.0234. The predicted octanol–water partition coefficient (Wildman–Crippen LogP) is 35.0. The Morgan fingerprint density at radius 2 is 1.77 bits per heavy atom. The van der Waals surface area contributed by atoms with Gasteiger partial charge in [0.2, 0.25) is 0 Å². The minimum Gasteiger partial charge on any atom is -0.361 e. The number of likely N-dealkylation sites (N-methyl/N-ethyl adjacent to an activating group) is 1. The fourth-order valence-electron chi connectivity index (χ4n) is 6.32. The summed E-state index contributed by atoms with van der Waals surface area (Å²) in [7, 11) is -1.18. The summed E-state index contributed by atoms with van der Waals surface area (Å²) in [6, 6.07) is 9.57. The fourth-order valence-corrected chi connectivity index (χ4v) is 7.67. The number of rotatable bonds is 6. The summed E-state index contributed by atoms with van der Waals surface area (Å²) in [6.45, 7) is 18.7. The van der Waals surface area contributed by atoms with Gasteiger partial charge in [0, 0.05) is 194 Å². The van der Waals surface area contributed by atoms with E-state index in [9.17, 15) is 8.42 Å². The van der Waals surface area contributed by atoms with Crippen LogP contribution in [0.4, 0.5) is 0 Å². The SMILES string of the molecule is [2H]n1cc(C(C)(C)[C@]2(C)N(C)CCC2(C)C)c2cc(CCS(=O)(=O)c3ccc(C)c(C)c3)c(C)cc21.[HH].[HH].[HH].[HH].[HH].[HH].[HH].[HH].[HH].[HH].[HH].[HH].[HH].[HH].[HH].[HH].[HH].[HH].[HH].[HH].[HH].[HH].[HH].[HH].[HH].[HH].[HH].[HH].[HH].[HH].[HH].[HH].[HH].[HH].[HH].[HH].[HH].[HH].[HH].[HH].[HH].[HH].[HH].[HH].[HH].[HH].[HH].[HH].[HH].[HH].[HH].[HH].[HH].[HH].[HH].[HH].[HH].[HH].[HH].[HH].[HH].[HH].[HH].[HH].[HH].[HH].[HH].[HH].[HH].[HH].[HH].[HH].[HH].[HH].[HH].[HH].[HH].[HH].[HH].[HH].[HH].[HH].[HH].[HH].[HH].[HH].[HH].[HH].[HH].[HH].[HH].[HH].[HH].[HH].[HH].[HH].[HH].[HH].[HH].[HH].[HH].[HH].[HH].[HH].[HH].[HH].[HH].[HH].[HH].[HH].[HH].[HH].[HH].[HH].[HH].[HH]. The summed E-state index contributed by atoms with van der Waals surface area (Å²) in [5.74, 6) is 0.0651. The van der Waals surface area contributed by atoms with Crippen LogP contribution in [0.1, 0.15) is 234 Å². The molecule has 0 amide bonds. The quantitative estimate of drug-likeness (QED) is 0.275. The number of likely N-dealkylation sites (tertiary alicyclic amines) is 1. The van der Waals surface area contributed by atoms with E-state index in [0.29, 0.717) is 11.3 Å². The van der Waals surface area contributed by atoms with Crippen LogP contribution < -0.4 is 0 Å². The van der Waals surface area contributed by atoms with Gasteiger partial charge >= 0.3 is 0 Å². The third-order valence-corrected chi connectivity index (χ3v) is 11.3. The van der Waals surface area contributed by atoms with Crippen molar-refractivity contribution in [2.75, 3.05) is 19.3 Å². The van der Waals surface area contributed by atoms with Crippen molar-refractivity contribution in [3.05, 3.63) is 64.3 Å². The van der Waals surface area contributed by atoms with E-state index in [4.69, 9.17) is 1.41 Å². The second-order valence-electron chi connectivity index (χ2n) is 12.0. The largest absolute Gasteiger partial charge is 0.361 e. The number of H-pyrrole nitrogens is 1. The van der Waals surface area contributed by atoms with Crippen LogP contribution >= 0.6 is 0 Å². The summed E-state index contributed by atoms with van der Waals surface area (Å²) in [5.41, 5.74) is 5.93. The van der Waals surface area contributed by atoms with E-state index in [1.54, 1.807) is 12.1 Å². The summed E-state index contributed by atoms with van der Waals surface area (Å²) in [6.07, 6.45) is 3.54. The maximum absolute atomic E-state index is 13.2. The van der Waals surface area contributed by atoms with Gasteiger partial charge in [0.25, 0.3) is 0 Å². The zero-order valence-corrected chi connectivity index (χ0v) is 23.7. The Labute approximate surface area is 385 Å². The predicted molar refractivity (Wildman–Crippen MR) is 392 cm³/mol. The van der Waals surface area contributed by atoms with Gasteiger partial charge in [0.15, 0.2) is 11.2 Å². The van der Waals surface area contributed by atoms with E-state index < -0.39 is 9.84 Å². The first kappa shape index (κ1) is 24.6. The number of hydrogen-bond acceptors (Lipinski definition) is 3. The van der Waals surface area contributed by atoms with Crippen molar-refractivity contribution in [3.63, 3.8) is 0 Å². The molecule has 0 spiro atoms. The highest BCUT2D eigenvalue weighted by Crippen LogP contribution is 2.55. The first-order valence-electron chi connectivity index (χ1n) is 13.1. The van der Waals surface area contributed by atoms with Crippen molar-refractivity contribution >= 4 is 20.7 Å². The molecule has 0 unspecified atom stereocenters. The van der Waals surface area contributed by atoms with Crippen LogP contribution in [-0.4, -0.2) is 43.2 Å².